The highest BCUT2D eigenvalue weighted by atomic mass is 35.5. The van der Waals surface area contributed by atoms with Crippen LogP contribution in [-0.4, -0.2) is 38.8 Å². The van der Waals surface area contributed by atoms with Crippen LogP contribution in [0.25, 0.3) is 22.0 Å². The number of rotatable bonds is 7. The average molecular weight is 538 g/mol. The first-order valence-electron chi connectivity index (χ1n) is 12.3. The van der Waals surface area contributed by atoms with Crippen molar-refractivity contribution in [2.75, 3.05) is 18.5 Å². The zero-order valence-corrected chi connectivity index (χ0v) is 22.3. The molecule has 2 aromatic carbocycles. The Hall–Kier alpha value is -3.27. The molecule has 0 saturated carbocycles. The lowest BCUT2D eigenvalue weighted by Gasteiger charge is -2.24. The number of amides is 1. The molecule has 0 aliphatic carbocycles. The normalized spacial score (nSPS) is 15.6. The van der Waals surface area contributed by atoms with E-state index in [1.54, 1.807) is 12.1 Å². The number of aryl methyl sites for hydroxylation is 2. The molecule has 0 spiro atoms. The Bertz CT molecular complexity index is 1480. The molecule has 1 saturated heterocycles. The fourth-order valence-electron chi connectivity index (χ4n) is 4.87. The largest absolute Gasteiger partial charge is 0.492 e. The molecule has 0 radical (unpaired) electrons. The van der Waals surface area contributed by atoms with Crippen LogP contribution < -0.4 is 20.9 Å². The SMILES string of the molecule is Cc1cc(C)cc(-c2c(OCC[C@@H]3CCCCN3)c3cc(C(=O)Nc4cnsn4)c(Cl)cc3[nH]c2=O)c1. The molecule has 192 valence electrons. The molecule has 10 heteroatoms. The summed E-state index contributed by atoms with van der Waals surface area (Å²) in [5, 5.41) is 7.07. The van der Waals surface area contributed by atoms with Gasteiger partial charge in [0.25, 0.3) is 11.5 Å². The quantitative estimate of drug-likeness (QED) is 0.288. The van der Waals surface area contributed by atoms with Gasteiger partial charge in [-0.2, -0.15) is 8.75 Å². The van der Waals surface area contributed by atoms with Gasteiger partial charge in [0.1, 0.15) is 5.75 Å². The highest BCUT2D eigenvalue weighted by Crippen LogP contribution is 2.36. The van der Waals surface area contributed by atoms with Crippen molar-refractivity contribution in [3.63, 3.8) is 0 Å². The summed E-state index contributed by atoms with van der Waals surface area (Å²) in [5.74, 6) is 0.372. The Kier molecular flexibility index (Phi) is 7.55. The van der Waals surface area contributed by atoms with Gasteiger partial charge in [-0.25, -0.2) is 0 Å². The third kappa shape index (κ3) is 5.69. The highest BCUT2D eigenvalue weighted by Gasteiger charge is 2.22. The zero-order chi connectivity index (χ0) is 25.9. The van der Waals surface area contributed by atoms with Gasteiger partial charge >= 0.3 is 0 Å². The summed E-state index contributed by atoms with van der Waals surface area (Å²) in [5.41, 5.74) is 3.76. The van der Waals surface area contributed by atoms with Crippen LogP contribution in [0, 0.1) is 13.8 Å². The molecule has 1 fully saturated rings. The van der Waals surface area contributed by atoms with E-state index in [2.05, 4.69) is 30.4 Å². The zero-order valence-electron chi connectivity index (χ0n) is 20.7. The molecule has 0 bridgehead atoms. The minimum absolute atomic E-state index is 0.209. The molecular formula is C27H28ClN5O3S. The third-order valence-electron chi connectivity index (χ3n) is 6.54. The van der Waals surface area contributed by atoms with Crippen molar-refractivity contribution in [2.24, 2.45) is 0 Å². The van der Waals surface area contributed by atoms with Crippen molar-refractivity contribution in [3.8, 4) is 16.9 Å². The maximum atomic E-state index is 13.4. The fourth-order valence-corrected chi connectivity index (χ4v) is 5.49. The minimum atomic E-state index is -0.420. The summed E-state index contributed by atoms with van der Waals surface area (Å²) < 4.78 is 14.3. The number of anilines is 1. The molecule has 8 nitrogen and oxygen atoms in total. The summed E-state index contributed by atoms with van der Waals surface area (Å²) in [6, 6.07) is 9.64. The number of carbonyl (C=O) groups is 1. The van der Waals surface area contributed by atoms with Crippen LogP contribution in [0.15, 0.2) is 41.3 Å². The van der Waals surface area contributed by atoms with Gasteiger partial charge in [0.15, 0.2) is 5.82 Å². The van der Waals surface area contributed by atoms with Gasteiger partial charge in [-0.15, -0.1) is 0 Å². The maximum absolute atomic E-state index is 13.4. The van der Waals surface area contributed by atoms with Crippen LogP contribution in [-0.2, 0) is 0 Å². The average Bonchev–Trinajstić information content (AvgIpc) is 3.36. The van der Waals surface area contributed by atoms with E-state index in [1.807, 2.05) is 26.0 Å². The summed E-state index contributed by atoms with van der Waals surface area (Å²) in [6.07, 6.45) is 5.79. The lowest BCUT2D eigenvalue weighted by molar-refractivity contribution is 0.102. The number of H-pyrrole nitrogens is 1. The van der Waals surface area contributed by atoms with Crippen LogP contribution in [0.3, 0.4) is 0 Å². The number of nitrogens with zero attached hydrogens (tertiary/aromatic N) is 2. The van der Waals surface area contributed by atoms with Crippen LogP contribution in [0.1, 0.15) is 47.2 Å². The van der Waals surface area contributed by atoms with Gasteiger partial charge in [0.2, 0.25) is 0 Å². The van der Waals surface area contributed by atoms with Crippen molar-refractivity contribution in [2.45, 2.75) is 45.6 Å². The number of hydrogen-bond acceptors (Lipinski definition) is 7. The van der Waals surface area contributed by atoms with Gasteiger partial charge in [-0.3, -0.25) is 9.59 Å². The van der Waals surface area contributed by atoms with Crippen LogP contribution >= 0.6 is 23.3 Å². The molecule has 3 N–H and O–H groups in total. The number of carbonyl (C=O) groups excluding carboxylic acids is 1. The van der Waals surface area contributed by atoms with E-state index < -0.39 is 5.91 Å². The molecular weight excluding hydrogens is 510 g/mol. The monoisotopic (exact) mass is 537 g/mol. The molecule has 37 heavy (non-hydrogen) atoms. The number of nitrogens with one attached hydrogen (secondary N) is 3. The van der Waals surface area contributed by atoms with Crippen molar-refractivity contribution in [3.05, 3.63) is 68.6 Å². The Labute approximate surface area is 223 Å². The van der Waals surface area contributed by atoms with Crippen LogP contribution in [0.2, 0.25) is 5.02 Å². The van der Waals surface area contributed by atoms with Crippen LogP contribution in [0.4, 0.5) is 5.82 Å². The number of benzene rings is 2. The fraction of sp³-hybridized carbons (Fsp3) is 0.333. The Balaban J connectivity index is 1.60. The first kappa shape index (κ1) is 25.4. The third-order valence-corrected chi connectivity index (χ3v) is 7.33. The first-order valence-corrected chi connectivity index (χ1v) is 13.4. The second-order valence-electron chi connectivity index (χ2n) is 9.44. The van der Waals surface area contributed by atoms with Crippen molar-refractivity contribution < 1.29 is 9.53 Å². The Morgan fingerprint density at radius 2 is 2.00 bits per heavy atom. The minimum Gasteiger partial charge on any atom is -0.492 e. The van der Waals surface area contributed by atoms with E-state index in [1.165, 1.54) is 19.0 Å². The Morgan fingerprint density at radius 3 is 2.70 bits per heavy atom. The first-order chi connectivity index (χ1) is 17.9. The van der Waals surface area contributed by atoms with Crippen LogP contribution in [0.5, 0.6) is 5.75 Å². The molecule has 1 amide bonds. The molecule has 5 rings (SSSR count). The summed E-state index contributed by atoms with van der Waals surface area (Å²) in [7, 11) is 0. The standard InChI is InChI=1S/C27H28ClN5O3S/c1-15-9-16(2)11-17(10-15)24-25(36-8-6-18-5-3-4-7-29-18)20-12-19(21(28)13-22(20)31-27(24)35)26(34)32-23-14-30-37-33-23/h9-14,18,29H,3-8H2,1-2H3,(H,31,35)(H,32,33,34)/t18-/m0/s1. The molecule has 3 heterocycles. The maximum Gasteiger partial charge on any atom is 0.260 e. The predicted octanol–water partition coefficient (Wildman–Crippen LogP) is 5.48. The van der Waals surface area contributed by atoms with E-state index in [0.717, 1.165) is 47.8 Å². The number of halogens is 1. The van der Waals surface area contributed by atoms with Gasteiger partial charge in [0, 0.05) is 11.4 Å². The topological polar surface area (TPSA) is 109 Å². The summed E-state index contributed by atoms with van der Waals surface area (Å²) >= 11 is 7.48. The molecule has 0 unspecified atom stereocenters. The number of hydrogen-bond donors (Lipinski definition) is 3. The molecule has 1 aliphatic heterocycles. The van der Waals surface area contributed by atoms with Gasteiger partial charge in [0.05, 0.1) is 46.2 Å². The number of pyridine rings is 1. The lowest BCUT2D eigenvalue weighted by atomic mass is 9.98. The molecule has 1 aliphatic rings. The number of aromatic nitrogens is 3. The summed E-state index contributed by atoms with van der Waals surface area (Å²) in [6.45, 7) is 5.44. The number of fused-ring (bicyclic) bond motifs is 1. The summed E-state index contributed by atoms with van der Waals surface area (Å²) in [4.78, 5) is 29.4. The van der Waals surface area contributed by atoms with E-state index in [9.17, 15) is 9.59 Å². The van der Waals surface area contributed by atoms with E-state index in [-0.39, 0.29) is 16.1 Å². The second kappa shape index (κ2) is 11.0. The smallest absolute Gasteiger partial charge is 0.260 e. The number of piperidine rings is 1. The van der Waals surface area contributed by atoms with E-state index >= 15 is 0 Å². The predicted molar refractivity (Wildman–Crippen MR) is 148 cm³/mol. The van der Waals surface area contributed by atoms with E-state index in [4.69, 9.17) is 16.3 Å². The lowest BCUT2D eigenvalue weighted by Crippen LogP contribution is -2.35. The molecule has 4 aromatic rings. The van der Waals surface area contributed by atoms with Gasteiger partial charge in [-0.05, 0) is 57.4 Å². The Morgan fingerprint density at radius 1 is 1.19 bits per heavy atom. The second-order valence-corrected chi connectivity index (χ2v) is 10.4. The van der Waals surface area contributed by atoms with Crippen molar-refractivity contribution >= 4 is 46.0 Å². The van der Waals surface area contributed by atoms with Gasteiger partial charge in [-0.1, -0.05) is 47.3 Å². The molecule has 1 atom stereocenters. The number of aromatic amines is 1. The van der Waals surface area contributed by atoms with Gasteiger partial charge < -0.3 is 20.4 Å². The number of ether oxygens (including phenoxy) is 1. The highest BCUT2D eigenvalue weighted by molar-refractivity contribution is 6.99. The van der Waals surface area contributed by atoms with Crippen molar-refractivity contribution in [1.82, 2.24) is 19.0 Å². The van der Waals surface area contributed by atoms with E-state index in [0.29, 0.717) is 40.7 Å². The van der Waals surface area contributed by atoms with Crippen molar-refractivity contribution in [1.29, 1.82) is 0 Å². The molecule has 2 aromatic heterocycles.